The standard InChI is InChI=1S/C22H26N4OS/c1-15-14-26-21(20(24-22(26)28-15)17-7-3-4-10-23-17)16-8-9-18(19(13-16)27-2)25-11-5-6-12-25/h3-4,7-10,13,15,20-21H,5-6,11-12,14H2,1-2H3/t15-,20-,21-/m1/s1. The largest absolute Gasteiger partial charge is 0.495 e. The van der Waals surface area contributed by atoms with Crippen LogP contribution in [0, 0.1) is 0 Å². The van der Waals surface area contributed by atoms with Gasteiger partial charge in [-0.05, 0) is 42.7 Å². The number of hydrogen-bond acceptors (Lipinski definition) is 6. The molecule has 3 aliphatic rings. The van der Waals surface area contributed by atoms with Crippen LogP contribution in [0.25, 0.3) is 0 Å². The molecule has 0 aliphatic carbocycles. The minimum Gasteiger partial charge on any atom is -0.495 e. The minimum absolute atomic E-state index is 0.0264. The summed E-state index contributed by atoms with van der Waals surface area (Å²) < 4.78 is 5.81. The van der Waals surface area contributed by atoms with Crippen LogP contribution >= 0.6 is 11.8 Å². The Morgan fingerprint density at radius 2 is 2.00 bits per heavy atom. The maximum Gasteiger partial charge on any atom is 0.160 e. The van der Waals surface area contributed by atoms with Crippen molar-refractivity contribution in [2.45, 2.75) is 37.1 Å². The molecule has 0 radical (unpaired) electrons. The fourth-order valence-corrected chi connectivity index (χ4v) is 5.67. The molecule has 1 aromatic heterocycles. The number of fused-ring (bicyclic) bond motifs is 1. The van der Waals surface area contributed by atoms with Crippen molar-refractivity contribution in [3.63, 3.8) is 0 Å². The summed E-state index contributed by atoms with van der Waals surface area (Å²) in [6.45, 7) is 5.52. The average molecular weight is 395 g/mol. The van der Waals surface area contributed by atoms with Gasteiger partial charge in [-0.1, -0.05) is 30.8 Å². The van der Waals surface area contributed by atoms with E-state index in [1.165, 1.54) is 24.1 Å². The molecule has 0 bridgehead atoms. The number of rotatable bonds is 4. The highest BCUT2D eigenvalue weighted by molar-refractivity contribution is 8.14. The van der Waals surface area contributed by atoms with Gasteiger partial charge in [-0.15, -0.1) is 0 Å². The zero-order valence-electron chi connectivity index (χ0n) is 16.4. The highest BCUT2D eigenvalue weighted by Gasteiger charge is 2.43. The van der Waals surface area contributed by atoms with Gasteiger partial charge >= 0.3 is 0 Å². The molecular weight excluding hydrogens is 368 g/mol. The van der Waals surface area contributed by atoms with E-state index in [2.05, 4.69) is 52.0 Å². The molecule has 0 amide bonds. The molecule has 0 N–H and O–H groups in total. The van der Waals surface area contributed by atoms with Gasteiger partial charge in [0.05, 0.1) is 24.5 Å². The summed E-state index contributed by atoms with van der Waals surface area (Å²) in [4.78, 5) is 14.6. The van der Waals surface area contributed by atoms with Crippen LogP contribution in [0.15, 0.2) is 47.6 Å². The van der Waals surface area contributed by atoms with Crippen LogP contribution in [-0.4, -0.2) is 47.0 Å². The van der Waals surface area contributed by atoms with Crippen molar-refractivity contribution in [1.29, 1.82) is 0 Å². The Morgan fingerprint density at radius 1 is 1.14 bits per heavy atom. The lowest BCUT2D eigenvalue weighted by molar-refractivity contribution is 0.320. The Labute approximate surface area is 170 Å². The molecule has 1 aromatic carbocycles. The predicted octanol–water partition coefficient (Wildman–Crippen LogP) is 4.28. The third kappa shape index (κ3) is 3.04. The third-order valence-corrected chi connectivity index (χ3v) is 6.98. The van der Waals surface area contributed by atoms with Gasteiger partial charge in [-0.2, -0.15) is 0 Å². The van der Waals surface area contributed by atoms with Crippen LogP contribution in [0.1, 0.15) is 43.1 Å². The number of pyridine rings is 1. The first-order valence-electron chi connectivity index (χ1n) is 10.1. The van der Waals surface area contributed by atoms with E-state index in [-0.39, 0.29) is 12.1 Å². The van der Waals surface area contributed by atoms with Gasteiger partial charge in [-0.3, -0.25) is 9.98 Å². The van der Waals surface area contributed by atoms with Crippen LogP contribution in [0.4, 0.5) is 5.69 Å². The fraction of sp³-hybridized carbons (Fsp3) is 0.455. The van der Waals surface area contributed by atoms with Crippen LogP contribution in [0.5, 0.6) is 5.75 Å². The summed E-state index contributed by atoms with van der Waals surface area (Å²) in [5.74, 6) is 0.965. The predicted molar refractivity (Wildman–Crippen MR) is 115 cm³/mol. The van der Waals surface area contributed by atoms with E-state index in [4.69, 9.17) is 9.73 Å². The SMILES string of the molecule is COc1cc([C@@H]2[C@@H](c3ccccn3)N=C3S[C@H](C)CN32)ccc1N1CCCC1. The molecule has 4 heterocycles. The van der Waals surface area contributed by atoms with Crippen LogP contribution in [0.3, 0.4) is 0 Å². The van der Waals surface area contributed by atoms with E-state index in [1.807, 2.05) is 24.0 Å². The van der Waals surface area contributed by atoms with Crippen molar-refractivity contribution in [2.75, 3.05) is 31.6 Å². The zero-order valence-corrected chi connectivity index (χ0v) is 17.2. The summed E-state index contributed by atoms with van der Waals surface area (Å²) in [6.07, 6.45) is 4.38. The molecule has 5 nitrogen and oxygen atoms in total. The Morgan fingerprint density at radius 3 is 2.75 bits per heavy atom. The normalized spacial score (nSPS) is 26.5. The molecule has 2 fully saturated rings. The highest BCUT2D eigenvalue weighted by atomic mass is 32.2. The molecule has 3 atom stereocenters. The second kappa shape index (κ2) is 7.32. The molecule has 2 aromatic rings. The summed E-state index contributed by atoms with van der Waals surface area (Å²) in [6, 6.07) is 13.0. The Balaban J connectivity index is 1.54. The smallest absolute Gasteiger partial charge is 0.160 e. The molecule has 0 spiro atoms. The van der Waals surface area contributed by atoms with Crippen LogP contribution in [-0.2, 0) is 0 Å². The lowest BCUT2D eigenvalue weighted by atomic mass is 9.95. The van der Waals surface area contributed by atoms with Gasteiger partial charge in [0, 0.05) is 31.1 Å². The number of nitrogens with zero attached hydrogens (tertiary/aromatic N) is 4. The quantitative estimate of drug-likeness (QED) is 0.774. The second-order valence-corrected chi connectivity index (χ2v) is 9.17. The average Bonchev–Trinajstić information content (AvgIpc) is 3.44. The van der Waals surface area contributed by atoms with Gasteiger partial charge in [-0.25, -0.2) is 0 Å². The van der Waals surface area contributed by atoms with Crippen molar-refractivity contribution in [3.8, 4) is 5.75 Å². The van der Waals surface area contributed by atoms with Gasteiger partial charge in [0.2, 0.25) is 0 Å². The van der Waals surface area contributed by atoms with E-state index >= 15 is 0 Å². The van der Waals surface area contributed by atoms with Gasteiger partial charge in [0.1, 0.15) is 11.8 Å². The summed E-state index contributed by atoms with van der Waals surface area (Å²) in [7, 11) is 1.78. The summed E-state index contributed by atoms with van der Waals surface area (Å²) >= 11 is 1.88. The van der Waals surface area contributed by atoms with Crippen molar-refractivity contribution in [1.82, 2.24) is 9.88 Å². The number of anilines is 1. The topological polar surface area (TPSA) is 41.0 Å². The second-order valence-electron chi connectivity index (χ2n) is 7.76. The van der Waals surface area contributed by atoms with Gasteiger partial charge < -0.3 is 14.5 Å². The number of methoxy groups -OCH3 is 1. The van der Waals surface area contributed by atoms with Crippen LogP contribution < -0.4 is 9.64 Å². The van der Waals surface area contributed by atoms with Crippen molar-refractivity contribution >= 4 is 22.6 Å². The number of ether oxygens (including phenoxy) is 1. The van der Waals surface area contributed by atoms with Gasteiger partial charge in [0.25, 0.3) is 0 Å². The van der Waals surface area contributed by atoms with E-state index in [0.717, 1.165) is 36.2 Å². The number of benzene rings is 1. The number of amidine groups is 1. The monoisotopic (exact) mass is 394 g/mol. The van der Waals surface area contributed by atoms with E-state index in [9.17, 15) is 0 Å². The van der Waals surface area contributed by atoms with E-state index in [0.29, 0.717) is 5.25 Å². The molecule has 6 heteroatoms. The molecule has 28 heavy (non-hydrogen) atoms. The number of aromatic nitrogens is 1. The molecule has 0 unspecified atom stereocenters. The van der Waals surface area contributed by atoms with Crippen molar-refractivity contribution in [2.24, 2.45) is 4.99 Å². The highest BCUT2D eigenvalue weighted by Crippen LogP contribution is 2.48. The molecule has 0 saturated carbocycles. The minimum atomic E-state index is 0.0264. The fourth-order valence-electron chi connectivity index (χ4n) is 4.58. The zero-order chi connectivity index (χ0) is 19.1. The van der Waals surface area contributed by atoms with Crippen LogP contribution in [0.2, 0.25) is 0 Å². The third-order valence-electron chi connectivity index (χ3n) is 5.87. The first-order chi connectivity index (χ1) is 13.7. The lowest BCUT2D eigenvalue weighted by Gasteiger charge is -2.29. The molecule has 5 rings (SSSR count). The lowest BCUT2D eigenvalue weighted by Crippen LogP contribution is -2.28. The van der Waals surface area contributed by atoms with E-state index in [1.54, 1.807) is 7.11 Å². The molecule has 146 valence electrons. The Kier molecular flexibility index (Phi) is 4.67. The maximum atomic E-state index is 5.81. The summed E-state index contributed by atoms with van der Waals surface area (Å²) in [5, 5.41) is 1.72. The maximum absolute atomic E-state index is 5.81. The summed E-state index contributed by atoms with van der Waals surface area (Å²) in [5.41, 5.74) is 3.50. The number of thioether (sulfide) groups is 1. The molecular formula is C22H26N4OS. The number of aliphatic imine (C=N–C) groups is 1. The number of hydrogen-bond donors (Lipinski definition) is 0. The molecule has 3 aliphatic heterocycles. The Bertz CT molecular complexity index is 881. The van der Waals surface area contributed by atoms with E-state index < -0.39 is 0 Å². The first kappa shape index (κ1) is 17.9. The van der Waals surface area contributed by atoms with Gasteiger partial charge in [0.15, 0.2) is 5.17 Å². The van der Waals surface area contributed by atoms with Crippen molar-refractivity contribution in [3.05, 3.63) is 53.9 Å². The van der Waals surface area contributed by atoms with Crippen molar-refractivity contribution < 1.29 is 4.74 Å². The Hall–Kier alpha value is -2.21. The first-order valence-corrected chi connectivity index (χ1v) is 11.0. The molecule has 2 saturated heterocycles.